The van der Waals surface area contributed by atoms with E-state index in [-0.39, 0.29) is 5.91 Å². The first-order valence-corrected chi connectivity index (χ1v) is 7.26. The summed E-state index contributed by atoms with van der Waals surface area (Å²) >= 11 is 6.13. The molecule has 1 aliphatic rings. The van der Waals surface area contributed by atoms with Crippen molar-refractivity contribution in [3.63, 3.8) is 0 Å². The van der Waals surface area contributed by atoms with Gasteiger partial charge >= 0.3 is 0 Å². The molecule has 0 spiro atoms. The van der Waals surface area contributed by atoms with Crippen LogP contribution in [0.25, 0.3) is 0 Å². The lowest BCUT2D eigenvalue weighted by Gasteiger charge is -2.09. The molecule has 0 saturated heterocycles. The van der Waals surface area contributed by atoms with Crippen LogP contribution in [-0.4, -0.2) is 22.7 Å². The SMILES string of the molecule is O=C(NCc1cccnc1)[C@H]1CC(c2ccccc2Cl)=NO1. The molecule has 2 heterocycles. The van der Waals surface area contributed by atoms with Crippen molar-refractivity contribution < 1.29 is 9.63 Å². The van der Waals surface area contributed by atoms with E-state index in [1.807, 2.05) is 30.3 Å². The highest BCUT2D eigenvalue weighted by Crippen LogP contribution is 2.22. The highest BCUT2D eigenvalue weighted by atomic mass is 35.5. The number of hydrogen-bond donors (Lipinski definition) is 1. The van der Waals surface area contributed by atoms with Crippen molar-refractivity contribution in [1.82, 2.24) is 10.3 Å². The number of halogens is 1. The summed E-state index contributed by atoms with van der Waals surface area (Å²) in [7, 11) is 0. The number of carbonyl (C=O) groups excluding carboxylic acids is 1. The second kappa shape index (κ2) is 6.58. The Kier molecular flexibility index (Phi) is 4.34. The van der Waals surface area contributed by atoms with E-state index in [4.69, 9.17) is 16.4 Å². The highest BCUT2D eigenvalue weighted by Gasteiger charge is 2.29. The van der Waals surface area contributed by atoms with Crippen molar-refractivity contribution in [2.75, 3.05) is 0 Å². The Hall–Kier alpha value is -2.40. The number of pyridine rings is 1. The Bertz CT molecular complexity index is 704. The van der Waals surface area contributed by atoms with Crippen molar-refractivity contribution in [2.45, 2.75) is 19.1 Å². The zero-order valence-corrected chi connectivity index (χ0v) is 12.5. The minimum atomic E-state index is -0.622. The van der Waals surface area contributed by atoms with Crippen LogP contribution in [0.5, 0.6) is 0 Å². The van der Waals surface area contributed by atoms with Crippen LogP contribution >= 0.6 is 11.6 Å². The van der Waals surface area contributed by atoms with Gasteiger partial charge in [0.05, 0.1) is 5.71 Å². The molecule has 1 atom stereocenters. The number of nitrogens with zero attached hydrogens (tertiary/aromatic N) is 2. The number of rotatable bonds is 4. The number of amides is 1. The number of nitrogens with one attached hydrogen (secondary N) is 1. The number of oxime groups is 1. The van der Waals surface area contributed by atoms with Gasteiger partial charge in [0.25, 0.3) is 5.91 Å². The Morgan fingerprint density at radius 3 is 2.95 bits per heavy atom. The van der Waals surface area contributed by atoms with Gasteiger partial charge in [0.15, 0.2) is 0 Å². The summed E-state index contributed by atoms with van der Waals surface area (Å²) in [5, 5.41) is 7.40. The maximum absolute atomic E-state index is 12.1. The predicted octanol–water partition coefficient (Wildman–Crippen LogP) is 2.54. The molecule has 3 rings (SSSR count). The van der Waals surface area contributed by atoms with Gasteiger partial charge in [-0.1, -0.05) is 41.0 Å². The topological polar surface area (TPSA) is 63.6 Å². The van der Waals surface area contributed by atoms with Crippen LogP contribution < -0.4 is 5.32 Å². The van der Waals surface area contributed by atoms with Crippen molar-refractivity contribution in [2.24, 2.45) is 5.16 Å². The lowest BCUT2D eigenvalue weighted by Crippen LogP contribution is -2.34. The number of hydrogen-bond acceptors (Lipinski definition) is 4. The first-order valence-electron chi connectivity index (χ1n) is 6.88. The molecule has 0 aliphatic carbocycles. The monoisotopic (exact) mass is 315 g/mol. The summed E-state index contributed by atoms with van der Waals surface area (Å²) in [6.07, 6.45) is 3.18. The van der Waals surface area contributed by atoms with Crippen molar-refractivity contribution >= 4 is 23.2 Å². The van der Waals surface area contributed by atoms with E-state index in [0.717, 1.165) is 11.1 Å². The van der Waals surface area contributed by atoms with Crippen LogP contribution in [0.2, 0.25) is 5.02 Å². The van der Waals surface area contributed by atoms with Crippen LogP contribution in [0.4, 0.5) is 0 Å². The van der Waals surface area contributed by atoms with Gasteiger partial charge in [-0.25, -0.2) is 0 Å². The average molecular weight is 316 g/mol. The fourth-order valence-corrected chi connectivity index (χ4v) is 2.42. The quantitative estimate of drug-likeness (QED) is 0.943. The molecule has 0 bridgehead atoms. The summed E-state index contributed by atoms with van der Waals surface area (Å²) in [6.45, 7) is 0.411. The number of carbonyl (C=O) groups is 1. The van der Waals surface area contributed by atoms with Crippen LogP contribution in [0, 0.1) is 0 Å². The Morgan fingerprint density at radius 1 is 1.32 bits per heavy atom. The normalized spacial score (nSPS) is 16.8. The van der Waals surface area contributed by atoms with E-state index in [2.05, 4.69) is 15.5 Å². The first kappa shape index (κ1) is 14.5. The van der Waals surface area contributed by atoms with E-state index in [1.54, 1.807) is 18.5 Å². The van der Waals surface area contributed by atoms with Gasteiger partial charge in [0.2, 0.25) is 6.10 Å². The Balaban J connectivity index is 1.57. The minimum Gasteiger partial charge on any atom is -0.382 e. The Morgan fingerprint density at radius 2 is 2.18 bits per heavy atom. The summed E-state index contributed by atoms with van der Waals surface area (Å²) in [5.74, 6) is -0.199. The molecule has 2 aromatic rings. The largest absolute Gasteiger partial charge is 0.382 e. The fraction of sp³-hybridized carbons (Fsp3) is 0.188. The van der Waals surface area contributed by atoms with E-state index >= 15 is 0 Å². The smallest absolute Gasteiger partial charge is 0.264 e. The molecule has 1 amide bonds. The summed E-state index contributed by atoms with van der Waals surface area (Å²) in [4.78, 5) is 21.3. The van der Waals surface area contributed by atoms with E-state index in [1.165, 1.54) is 0 Å². The van der Waals surface area contributed by atoms with Gasteiger partial charge in [0.1, 0.15) is 0 Å². The zero-order chi connectivity index (χ0) is 15.4. The van der Waals surface area contributed by atoms with Gasteiger partial charge in [-0.2, -0.15) is 0 Å². The molecule has 112 valence electrons. The van der Waals surface area contributed by atoms with Crippen molar-refractivity contribution in [3.05, 3.63) is 64.9 Å². The summed E-state index contributed by atoms with van der Waals surface area (Å²) in [5.41, 5.74) is 2.42. The molecular formula is C16H14ClN3O2. The molecule has 0 unspecified atom stereocenters. The molecule has 0 radical (unpaired) electrons. The summed E-state index contributed by atoms with van der Waals surface area (Å²) < 4.78 is 0. The molecule has 1 aliphatic heterocycles. The van der Waals surface area contributed by atoms with Crippen molar-refractivity contribution in [3.8, 4) is 0 Å². The molecular weight excluding hydrogens is 302 g/mol. The lowest BCUT2D eigenvalue weighted by atomic mass is 10.0. The van der Waals surface area contributed by atoms with Gasteiger partial charge in [-0.15, -0.1) is 0 Å². The molecule has 22 heavy (non-hydrogen) atoms. The van der Waals surface area contributed by atoms with E-state index in [9.17, 15) is 4.79 Å². The molecule has 1 aromatic heterocycles. The Labute approximate surface area is 133 Å². The first-order chi connectivity index (χ1) is 10.7. The zero-order valence-electron chi connectivity index (χ0n) is 11.7. The predicted molar refractivity (Wildman–Crippen MR) is 83.6 cm³/mol. The minimum absolute atomic E-state index is 0.199. The maximum atomic E-state index is 12.1. The van der Waals surface area contributed by atoms with Crippen LogP contribution in [-0.2, 0) is 16.2 Å². The third-order valence-corrected chi connectivity index (χ3v) is 3.67. The average Bonchev–Trinajstić information content (AvgIpc) is 3.04. The van der Waals surface area contributed by atoms with E-state index < -0.39 is 6.10 Å². The van der Waals surface area contributed by atoms with Crippen molar-refractivity contribution in [1.29, 1.82) is 0 Å². The molecule has 5 nitrogen and oxygen atoms in total. The molecule has 0 saturated carbocycles. The molecule has 1 aromatic carbocycles. The molecule has 0 fully saturated rings. The summed E-state index contributed by atoms with van der Waals surface area (Å²) in [6, 6.07) is 11.1. The fourth-order valence-electron chi connectivity index (χ4n) is 2.18. The highest BCUT2D eigenvalue weighted by molar-refractivity contribution is 6.34. The van der Waals surface area contributed by atoms with Crippen LogP contribution in [0.15, 0.2) is 53.9 Å². The maximum Gasteiger partial charge on any atom is 0.264 e. The second-order valence-electron chi connectivity index (χ2n) is 4.90. The third kappa shape index (κ3) is 3.26. The third-order valence-electron chi connectivity index (χ3n) is 3.34. The number of aromatic nitrogens is 1. The lowest BCUT2D eigenvalue weighted by molar-refractivity contribution is -0.131. The second-order valence-corrected chi connectivity index (χ2v) is 5.30. The molecule has 6 heteroatoms. The van der Waals surface area contributed by atoms with Gasteiger partial charge in [0, 0.05) is 35.9 Å². The standard InChI is InChI=1S/C16H14ClN3O2/c17-13-6-2-1-5-12(13)14-8-15(22-20-14)16(21)19-10-11-4-3-7-18-9-11/h1-7,9,15H,8,10H2,(H,19,21)/t15-/m1/s1. The van der Waals surface area contributed by atoms with Crippen LogP contribution in [0.3, 0.4) is 0 Å². The van der Waals surface area contributed by atoms with E-state index in [0.29, 0.717) is 23.7 Å². The van der Waals surface area contributed by atoms with Crippen LogP contribution in [0.1, 0.15) is 17.5 Å². The van der Waals surface area contributed by atoms with Gasteiger partial charge in [-0.05, 0) is 17.7 Å². The number of benzene rings is 1. The van der Waals surface area contributed by atoms with Gasteiger partial charge < -0.3 is 10.2 Å². The van der Waals surface area contributed by atoms with Gasteiger partial charge in [-0.3, -0.25) is 9.78 Å². The molecule has 1 N–H and O–H groups in total.